The van der Waals surface area contributed by atoms with E-state index in [1.54, 1.807) is 16.8 Å². The van der Waals surface area contributed by atoms with Crippen LogP contribution in [0, 0.1) is 4.84 Å². The Bertz CT molecular complexity index is 885. The molecule has 0 spiro atoms. The minimum atomic E-state index is -3.13. The standard InChI is InChI=1S/C14H17ClN4O3S2/c1-24(20,21)18-7-5-17(6-8-18)10-19-14(23)22-13(16-19)11-3-2-4-12(15)9-11/h2-4,9H,5-8,10H2,1H3. The number of nitrogens with zero attached hydrogens (tertiary/aromatic N) is 4. The molecule has 10 heteroatoms. The molecular weight excluding hydrogens is 372 g/mol. The minimum absolute atomic E-state index is 0.274. The molecule has 130 valence electrons. The molecule has 0 unspecified atom stereocenters. The molecule has 0 bridgehead atoms. The van der Waals surface area contributed by atoms with Crippen molar-refractivity contribution in [1.29, 1.82) is 0 Å². The van der Waals surface area contributed by atoms with E-state index in [4.69, 9.17) is 28.2 Å². The van der Waals surface area contributed by atoms with Crippen molar-refractivity contribution in [3.8, 4) is 11.5 Å². The van der Waals surface area contributed by atoms with Gasteiger partial charge in [0.25, 0.3) is 4.84 Å². The Morgan fingerprint density at radius 2 is 2.00 bits per heavy atom. The normalized spacial score (nSPS) is 17.2. The van der Waals surface area contributed by atoms with Gasteiger partial charge in [-0.25, -0.2) is 13.1 Å². The fourth-order valence-electron chi connectivity index (χ4n) is 2.53. The van der Waals surface area contributed by atoms with Crippen LogP contribution in [0.15, 0.2) is 28.7 Å². The highest BCUT2D eigenvalue weighted by Crippen LogP contribution is 2.21. The largest absolute Gasteiger partial charge is 0.409 e. The third kappa shape index (κ3) is 4.04. The maximum atomic E-state index is 11.5. The summed E-state index contributed by atoms with van der Waals surface area (Å²) in [5, 5.41) is 4.99. The fraction of sp³-hybridized carbons (Fsp3) is 0.429. The quantitative estimate of drug-likeness (QED) is 0.746. The first-order chi connectivity index (χ1) is 11.3. The van der Waals surface area contributed by atoms with E-state index in [1.165, 1.54) is 10.6 Å². The molecule has 0 radical (unpaired) electrons. The van der Waals surface area contributed by atoms with Gasteiger partial charge in [-0.05, 0) is 30.4 Å². The summed E-state index contributed by atoms with van der Waals surface area (Å²) in [4.78, 5) is 2.36. The van der Waals surface area contributed by atoms with Crippen LogP contribution in [0.25, 0.3) is 11.5 Å². The third-order valence-electron chi connectivity index (χ3n) is 3.81. The van der Waals surface area contributed by atoms with Gasteiger partial charge >= 0.3 is 0 Å². The number of aromatic nitrogens is 2. The van der Waals surface area contributed by atoms with Crippen molar-refractivity contribution < 1.29 is 12.8 Å². The number of benzene rings is 1. The van der Waals surface area contributed by atoms with Crippen molar-refractivity contribution in [3.05, 3.63) is 34.1 Å². The molecule has 0 saturated carbocycles. The summed E-state index contributed by atoms with van der Waals surface area (Å²) in [5.41, 5.74) is 0.759. The van der Waals surface area contributed by atoms with E-state index < -0.39 is 10.0 Å². The van der Waals surface area contributed by atoms with Crippen molar-refractivity contribution in [1.82, 2.24) is 19.0 Å². The third-order valence-corrected chi connectivity index (χ3v) is 5.64. The van der Waals surface area contributed by atoms with E-state index in [1.807, 2.05) is 12.1 Å². The first kappa shape index (κ1) is 17.6. The number of sulfonamides is 1. The van der Waals surface area contributed by atoms with Crippen LogP contribution in [0.4, 0.5) is 0 Å². The predicted octanol–water partition coefficient (Wildman–Crippen LogP) is 2.06. The van der Waals surface area contributed by atoms with Crippen molar-refractivity contribution in [2.45, 2.75) is 6.67 Å². The van der Waals surface area contributed by atoms with Crippen molar-refractivity contribution in [2.75, 3.05) is 32.4 Å². The molecule has 1 fully saturated rings. The zero-order valence-corrected chi connectivity index (χ0v) is 15.4. The summed E-state index contributed by atoms with van der Waals surface area (Å²) in [7, 11) is -3.13. The minimum Gasteiger partial charge on any atom is -0.409 e. The van der Waals surface area contributed by atoms with Gasteiger partial charge in [-0.15, -0.1) is 5.10 Å². The highest BCUT2D eigenvalue weighted by atomic mass is 35.5. The smallest absolute Gasteiger partial charge is 0.288 e. The van der Waals surface area contributed by atoms with E-state index in [-0.39, 0.29) is 4.84 Å². The van der Waals surface area contributed by atoms with Gasteiger partial charge in [0, 0.05) is 36.8 Å². The van der Waals surface area contributed by atoms with Gasteiger partial charge in [-0.1, -0.05) is 17.7 Å². The van der Waals surface area contributed by atoms with E-state index in [2.05, 4.69) is 10.00 Å². The summed E-state index contributed by atoms with van der Waals surface area (Å²) >= 11 is 11.2. The van der Waals surface area contributed by atoms with Crippen LogP contribution in [0.5, 0.6) is 0 Å². The van der Waals surface area contributed by atoms with E-state index in [9.17, 15) is 8.42 Å². The lowest BCUT2D eigenvalue weighted by Gasteiger charge is -2.32. The molecule has 0 aliphatic carbocycles. The van der Waals surface area contributed by atoms with E-state index in [0.29, 0.717) is 43.8 Å². The second kappa shape index (κ2) is 6.93. The van der Waals surface area contributed by atoms with Crippen molar-refractivity contribution >= 4 is 33.8 Å². The first-order valence-corrected chi connectivity index (χ1v) is 9.98. The van der Waals surface area contributed by atoms with Crippen LogP contribution < -0.4 is 0 Å². The molecule has 7 nitrogen and oxygen atoms in total. The van der Waals surface area contributed by atoms with Gasteiger partial charge in [-0.2, -0.15) is 4.31 Å². The molecule has 3 rings (SSSR count). The average molecular weight is 389 g/mol. The molecule has 24 heavy (non-hydrogen) atoms. The highest BCUT2D eigenvalue weighted by molar-refractivity contribution is 7.88. The summed E-state index contributed by atoms with van der Waals surface area (Å²) in [6.45, 7) is 2.62. The molecular formula is C14H17ClN4O3S2. The molecule has 2 heterocycles. The lowest BCUT2D eigenvalue weighted by molar-refractivity contribution is 0.144. The topological polar surface area (TPSA) is 71.6 Å². The molecule has 1 aromatic heterocycles. The Morgan fingerprint density at radius 1 is 1.29 bits per heavy atom. The summed E-state index contributed by atoms with van der Waals surface area (Å²) < 4.78 is 31.7. The lowest BCUT2D eigenvalue weighted by atomic mass is 10.2. The van der Waals surface area contributed by atoms with E-state index >= 15 is 0 Å². The van der Waals surface area contributed by atoms with Gasteiger partial charge in [0.05, 0.1) is 12.9 Å². The number of rotatable bonds is 4. The van der Waals surface area contributed by atoms with Crippen LogP contribution in [0.3, 0.4) is 0 Å². The Hall–Kier alpha value is -1.26. The molecule has 0 amide bonds. The van der Waals surface area contributed by atoms with Crippen molar-refractivity contribution in [3.63, 3.8) is 0 Å². The van der Waals surface area contributed by atoms with Crippen LogP contribution in [0.1, 0.15) is 0 Å². The molecule has 1 aliphatic rings. The summed E-state index contributed by atoms with van der Waals surface area (Å²) in [6.07, 6.45) is 1.23. The zero-order valence-electron chi connectivity index (χ0n) is 13.1. The van der Waals surface area contributed by atoms with Gasteiger partial charge in [0.15, 0.2) is 0 Å². The van der Waals surface area contributed by atoms with Crippen LogP contribution in [-0.2, 0) is 16.7 Å². The van der Waals surface area contributed by atoms with E-state index in [0.717, 1.165) is 5.56 Å². The number of halogens is 1. The van der Waals surface area contributed by atoms with Gasteiger partial charge in [0.2, 0.25) is 15.9 Å². The molecule has 0 atom stereocenters. The SMILES string of the molecule is CS(=O)(=O)N1CCN(Cn2nc(-c3cccc(Cl)c3)oc2=S)CC1. The molecule has 1 aliphatic heterocycles. The van der Waals surface area contributed by atoms with Gasteiger partial charge < -0.3 is 4.42 Å². The Balaban J connectivity index is 1.70. The molecule has 0 N–H and O–H groups in total. The lowest BCUT2D eigenvalue weighted by Crippen LogP contribution is -2.48. The fourth-order valence-corrected chi connectivity index (χ4v) is 3.72. The summed E-state index contributed by atoms with van der Waals surface area (Å²) in [6, 6.07) is 7.21. The summed E-state index contributed by atoms with van der Waals surface area (Å²) in [5.74, 6) is 0.414. The predicted molar refractivity (Wildman–Crippen MR) is 93.8 cm³/mol. The Kier molecular flexibility index (Phi) is 5.07. The van der Waals surface area contributed by atoms with Crippen LogP contribution in [-0.4, -0.2) is 59.8 Å². The maximum Gasteiger partial charge on any atom is 0.288 e. The second-order valence-corrected chi connectivity index (χ2v) is 8.37. The van der Waals surface area contributed by atoms with Gasteiger partial charge in [-0.3, -0.25) is 4.90 Å². The van der Waals surface area contributed by atoms with Crippen LogP contribution in [0.2, 0.25) is 5.02 Å². The van der Waals surface area contributed by atoms with Crippen molar-refractivity contribution in [2.24, 2.45) is 0 Å². The Labute approximate surface area is 150 Å². The average Bonchev–Trinajstić information content (AvgIpc) is 2.88. The first-order valence-electron chi connectivity index (χ1n) is 7.34. The second-order valence-electron chi connectivity index (χ2n) is 5.60. The van der Waals surface area contributed by atoms with Crippen LogP contribution >= 0.6 is 23.8 Å². The molecule has 2 aromatic rings. The zero-order chi connectivity index (χ0) is 17.3. The molecule has 1 aromatic carbocycles. The van der Waals surface area contributed by atoms with Gasteiger partial charge in [0.1, 0.15) is 0 Å². The number of hydrogen-bond donors (Lipinski definition) is 0. The number of hydrogen-bond acceptors (Lipinski definition) is 6. The Morgan fingerprint density at radius 3 is 2.62 bits per heavy atom. The maximum absolute atomic E-state index is 11.5. The number of piperazine rings is 1. The molecule has 1 saturated heterocycles. The highest BCUT2D eigenvalue weighted by Gasteiger charge is 2.24. The monoisotopic (exact) mass is 388 g/mol.